The molecule has 0 aliphatic carbocycles. The van der Waals surface area contributed by atoms with Gasteiger partial charge in [0.15, 0.2) is 0 Å². The van der Waals surface area contributed by atoms with E-state index in [9.17, 15) is 0 Å². The van der Waals surface area contributed by atoms with Crippen LogP contribution in [-0.2, 0) is 0 Å². The average molecular weight is 139 g/mol. The van der Waals surface area contributed by atoms with Gasteiger partial charge in [0.1, 0.15) is 0 Å². The molecule has 0 atom stereocenters. The first-order valence-electron chi connectivity index (χ1n) is 3.93. The topological polar surface area (TPSA) is 3.24 Å². The lowest BCUT2D eigenvalue weighted by atomic mass is 10.3. The number of terminal acetylenes is 1. The maximum Gasteiger partial charge on any atom is 0.00982 e. The van der Waals surface area contributed by atoms with Gasteiger partial charge in [0.2, 0.25) is 0 Å². The van der Waals surface area contributed by atoms with Crippen molar-refractivity contribution in [2.24, 2.45) is 0 Å². The van der Waals surface area contributed by atoms with Crippen LogP contribution in [0.1, 0.15) is 26.2 Å². The van der Waals surface area contributed by atoms with Crippen LogP contribution < -0.4 is 0 Å². The van der Waals surface area contributed by atoms with Crippen molar-refractivity contribution in [3.05, 3.63) is 0 Å². The van der Waals surface area contributed by atoms with Gasteiger partial charge in [-0.25, -0.2) is 0 Å². The van der Waals surface area contributed by atoms with Crippen molar-refractivity contribution >= 4 is 0 Å². The van der Waals surface area contributed by atoms with Gasteiger partial charge in [-0.05, 0) is 33.0 Å². The molecule has 0 aromatic heterocycles. The highest BCUT2D eigenvalue weighted by molar-refractivity contribution is 4.83. The van der Waals surface area contributed by atoms with Crippen molar-refractivity contribution in [3.63, 3.8) is 0 Å². The maximum atomic E-state index is 5.12. The summed E-state index contributed by atoms with van der Waals surface area (Å²) < 4.78 is 0. The second kappa shape index (κ2) is 6.64. The van der Waals surface area contributed by atoms with Crippen LogP contribution in [0.25, 0.3) is 0 Å². The molecular formula is C9H17N. The van der Waals surface area contributed by atoms with Crippen LogP contribution >= 0.6 is 0 Å². The van der Waals surface area contributed by atoms with Gasteiger partial charge in [-0.1, -0.05) is 6.92 Å². The Balaban J connectivity index is 3.06. The van der Waals surface area contributed by atoms with Gasteiger partial charge in [0.25, 0.3) is 0 Å². The molecule has 0 aromatic rings. The third kappa shape index (κ3) is 5.65. The first kappa shape index (κ1) is 9.52. The van der Waals surface area contributed by atoms with E-state index in [0.717, 1.165) is 19.4 Å². The normalized spacial score (nSPS) is 9.80. The van der Waals surface area contributed by atoms with Crippen LogP contribution in [0, 0.1) is 12.3 Å². The third-order valence-electron chi connectivity index (χ3n) is 1.47. The largest absolute Gasteiger partial charge is 0.306 e. The van der Waals surface area contributed by atoms with E-state index in [0.29, 0.717) is 0 Å². The zero-order valence-corrected chi connectivity index (χ0v) is 7.06. The highest BCUT2D eigenvalue weighted by atomic mass is 15.1. The second-order valence-corrected chi connectivity index (χ2v) is 2.61. The second-order valence-electron chi connectivity index (χ2n) is 2.61. The van der Waals surface area contributed by atoms with E-state index in [4.69, 9.17) is 6.42 Å². The molecule has 0 spiro atoms. The fourth-order valence-electron chi connectivity index (χ4n) is 0.945. The molecule has 0 saturated carbocycles. The molecule has 10 heavy (non-hydrogen) atoms. The van der Waals surface area contributed by atoms with Gasteiger partial charge >= 0.3 is 0 Å². The van der Waals surface area contributed by atoms with Crippen molar-refractivity contribution in [3.8, 4) is 12.3 Å². The van der Waals surface area contributed by atoms with E-state index in [1.807, 2.05) is 0 Å². The molecule has 1 heteroatoms. The zero-order valence-electron chi connectivity index (χ0n) is 7.06. The molecule has 0 aliphatic rings. The highest BCUT2D eigenvalue weighted by Gasteiger charge is 1.93. The number of hydrogen-bond acceptors (Lipinski definition) is 1. The monoisotopic (exact) mass is 139 g/mol. The number of unbranched alkanes of at least 4 members (excludes halogenated alkanes) is 1. The maximum absolute atomic E-state index is 5.12. The summed E-state index contributed by atoms with van der Waals surface area (Å²) in [7, 11) is 2.14. The van der Waals surface area contributed by atoms with Crippen LogP contribution in [0.3, 0.4) is 0 Å². The fourth-order valence-corrected chi connectivity index (χ4v) is 0.945. The van der Waals surface area contributed by atoms with Gasteiger partial charge in [-0.2, -0.15) is 0 Å². The Morgan fingerprint density at radius 3 is 2.60 bits per heavy atom. The lowest BCUT2D eigenvalue weighted by molar-refractivity contribution is 0.332. The van der Waals surface area contributed by atoms with Crippen LogP contribution in [0.2, 0.25) is 0 Å². The SMILES string of the molecule is C#CCCCN(C)CCC. The Kier molecular flexibility index (Phi) is 6.32. The molecule has 0 fully saturated rings. The zero-order chi connectivity index (χ0) is 7.82. The molecule has 1 nitrogen and oxygen atoms in total. The quantitative estimate of drug-likeness (QED) is 0.414. The Hall–Kier alpha value is -0.480. The summed E-state index contributed by atoms with van der Waals surface area (Å²) >= 11 is 0. The Bertz CT molecular complexity index is 102. The molecule has 0 radical (unpaired) electrons. The van der Waals surface area contributed by atoms with E-state index in [-0.39, 0.29) is 0 Å². The minimum Gasteiger partial charge on any atom is -0.306 e. The van der Waals surface area contributed by atoms with Crippen LogP contribution in [-0.4, -0.2) is 25.0 Å². The molecule has 0 aromatic carbocycles. The van der Waals surface area contributed by atoms with Gasteiger partial charge in [-0.3, -0.25) is 0 Å². The Morgan fingerprint density at radius 1 is 1.40 bits per heavy atom. The molecule has 58 valence electrons. The summed E-state index contributed by atoms with van der Waals surface area (Å²) in [6.45, 7) is 4.51. The first-order valence-corrected chi connectivity index (χ1v) is 3.93. The first-order chi connectivity index (χ1) is 4.81. The number of hydrogen-bond donors (Lipinski definition) is 0. The predicted molar refractivity (Wildman–Crippen MR) is 45.9 cm³/mol. The molecule has 0 rings (SSSR count). The average Bonchev–Trinajstić information content (AvgIpc) is 1.89. The number of nitrogens with zero attached hydrogens (tertiary/aromatic N) is 1. The summed E-state index contributed by atoms with van der Waals surface area (Å²) in [5.74, 6) is 2.64. The van der Waals surface area contributed by atoms with Crippen LogP contribution in [0.4, 0.5) is 0 Å². The molecule has 0 saturated heterocycles. The summed E-state index contributed by atoms with van der Waals surface area (Å²) in [5.41, 5.74) is 0. The molecular weight excluding hydrogens is 122 g/mol. The fraction of sp³-hybridized carbons (Fsp3) is 0.778. The summed E-state index contributed by atoms with van der Waals surface area (Å²) in [6.07, 6.45) is 8.39. The highest BCUT2D eigenvalue weighted by Crippen LogP contribution is 1.91. The van der Waals surface area contributed by atoms with Gasteiger partial charge in [0, 0.05) is 6.42 Å². The lowest BCUT2D eigenvalue weighted by Gasteiger charge is -2.13. The van der Waals surface area contributed by atoms with E-state index < -0.39 is 0 Å². The minimum absolute atomic E-state index is 0.911. The van der Waals surface area contributed by atoms with Crippen molar-refractivity contribution in [2.45, 2.75) is 26.2 Å². The van der Waals surface area contributed by atoms with Gasteiger partial charge in [-0.15, -0.1) is 12.3 Å². The summed E-state index contributed by atoms with van der Waals surface area (Å²) in [4.78, 5) is 2.32. The van der Waals surface area contributed by atoms with Crippen molar-refractivity contribution in [2.75, 3.05) is 20.1 Å². The van der Waals surface area contributed by atoms with Gasteiger partial charge in [0.05, 0.1) is 0 Å². The van der Waals surface area contributed by atoms with E-state index in [2.05, 4.69) is 24.8 Å². The van der Waals surface area contributed by atoms with E-state index in [1.54, 1.807) is 0 Å². The van der Waals surface area contributed by atoms with Crippen molar-refractivity contribution < 1.29 is 0 Å². The smallest absolute Gasteiger partial charge is 0.00982 e. The Labute approximate surface area is 64.4 Å². The standard InChI is InChI=1S/C9H17N/c1-4-6-7-9-10(3)8-5-2/h1H,5-9H2,2-3H3. The minimum atomic E-state index is 0.911. The van der Waals surface area contributed by atoms with Crippen LogP contribution in [0.5, 0.6) is 0 Å². The third-order valence-corrected chi connectivity index (χ3v) is 1.47. The lowest BCUT2D eigenvalue weighted by Crippen LogP contribution is -2.20. The van der Waals surface area contributed by atoms with E-state index >= 15 is 0 Å². The molecule has 0 heterocycles. The molecule has 0 amide bonds. The number of rotatable bonds is 5. The van der Waals surface area contributed by atoms with E-state index in [1.165, 1.54) is 13.0 Å². The molecule has 0 bridgehead atoms. The molecule has 0 N–H and O–H groups in total. The predicted octanol–water partition coefficient (Wildman–Crippen LogP) is 1.74. The Morgan fingerprint density at radius 2 is 2.10 bits per heavy atom. The molecule has 0 unspecified atom stereocenters. The van der Waals surface area contributed by atoms with Crippen molar-refractivity contribution in [1.82, 2.24) is 4.90 Å². The summed E-state index contributed by atoms with van der Waals surface area (Å²) in [5, 5.41) is 0. The van der Waals surface area contributed by atoms with Crippen molar-refractivity contribution in [1.29, 1.82) is 0 Å². The summed E-state index contributed by atoms with van der Waals surface area (Å²) in [6, 6.07) is 0. The molecule has 0 aliphatic heterocycles. The van der Waals surface area contributed by atoms with Gasteiger partial charge < -0.3 is 4.90 Å². The van der Waals surface area contributed by atoms with Crippen LogP contribution in [0.15, 0.2) is 0 Å².